The van der Waals surface area contributed by atoms with Crippen LogP contribution >= 0.6 is 0 Å². The Bertz CT molecular complexity index is 5790. The second-order valence-corrected chi connectivity index (χ2v) is 35.0. The van der Waals surface area contributed by atoms with Gasteiger partial charge < -0.3 is 73.8 Å². The van der Waals surface area contributed by atoms with Crippen molar-refractivity contribution < 1.29 is 67.9 Å². The van der Waals surface area contributed by atoms with E-state index in [0.717, 1.165) is 48.9 Å². The van der Waals surface area contributed by atoms with Crippen LogP contribution in [-0.4, -0.2) is 161 Å². The standard InChI is InChI=1S/C22H25N7O2.C20H23N5O4S.C19H20N4O4S.C19H21N3O4S.CH4/c1-22(2,13-31-16-5-3-4-14-6-9-26-19(23)18(14)16)28-20(30)15-7-8-25-17(12-15)29-11-10-27-21(29)24;1-25(2)16-10-13(6-9-22-16)19(26)23-20(7-8-20)12-29-15-5-3-4-14-11-30(27,28)24-18(21)17(14)15;1-12-9-13(5-8-21-12)18(24)22-19(6-7-19)11-27-15-4-2-3-14-10-28(25,26)23-17(20)16(14)15;1-19(2,21-18(23)13-7-4-3-5-8-13)12-26-15-10-6-9-14-11-27(24,25)22-17(20)16(14)15;/h3-5,7-8,10-12H,6,9,13H2,1-2H3,(H5,23,24,26,27,28,30);3-6,9-10H,7-8,11-12H2,1-2H3,(H2,21,24)(H,23,26);2-5,8-9H,6-7,10-11H2,1H3,(H2,20,23)(H,22,24);3-10H,11-12H2,1-2H3,(H2,20,22)(H,21,23);1H4/p+1. The number of rotatable bonds is 22. The van der Waals surface area contributed by atoms with E-state index in [9.17, 15) is 44.4 Å². The zero-order chi connectivity index (χ0) is 83.1. The van der Waals surface area contributed by atoms with Crippen LogP contribution in [0.25, 0.3) is 5.82 Å². The number of carbonyl (C=O) groups is 4. The number of sulfonamides is 3. The number of aromatic nitrogens is 5. The Kier molecular flexibility index (Phi) is 25.2. The number of anilines is 2. The molecular weight excluding hydrogens is 1560 g/mol. The Balaban J connectivity index is 0.000000153. The number of hydrogen-bond acceptors (Lipinski definition) is 24. The first kappa shape index (κ1) is 85.1. The second kappa shape index (κ2) is 34.7. The molecule has 614 valence electrons. The number of nitrogens with one attached hydrogen (secondary N) is 5. The summed E-state index contributed by atoms with van der Waals surface area (Å²) in [4.78, 5) is 72.1. The first-order valence-corrected chi connectivity index (χ1v) is 41.6. The molecule has 0 saturated heterocycles. The lowest BCUT2D eigenvalue weighted by atomic mass is 10.00. The number of nitrogens with zero attached hydrogens (tertiary/aromatic N) is 9. The maximum Gasteiger partial charge on any atom is 0.316 e. The number of ether oxygens (including phenoxy) is 4. The van der Waals surface area contributed by atoms with E-state index in [2.05, 4.69) is 59.4 Å². The molecule has 117 heavy (non-hydrogen) atoms. The van der Waals surface area contributed by atoms with Crippen molar-refractivity contribution in [1.29, 1.82) is 0 Å². The smallest absolute Gasteiger partial charge is 0.316 e. The zero-order valence-electron chi connectivity index (χ0n) is 64.7. The molecule has 2 fully saturated rings. The van der Waals surface area contributed by atoms with Crippen molar-refractivity contribution in [2.75, 3.05) is 57.7 Å². The summed E-state index contributed by atoms with van der Waals surface area (Å²) in [6.45, 7) is 10.9. The Morgan fingerprint density at radius 2 is 0.906 bits per heavy atom. The van der Waals surface area contributed by atoms with Crippen molar-refractivity contribution in [2.24, 2.45) is 41.1 Å². The minimum absolute atomic E-state index is 0. The number of amides is 4. The number of aryl methyl sites for hydroxylation is 1. The molecule has 0 spiro atoms. The molecule has 4 aromatic heterocycles. The third-order valence-electron chi connectivity index (χ3n) is 19.0. The fourth-order valence-electron chi connectivity index (χ4n) is 12.8. The van der Waals surface area contributed by atoms with Crippen LogP contribution in [0.1, 0.15) is 152 Å². The number of benzene rings is 5. The highest BCUT2D eigenvalue weighted by molar-refractivity contribution is 7.90. The highest BCUT2D eigenvalue weighted by Crippen LogP contribution is 2.40. The molecule has 0 unspecified atom stereocenters. The maximum absolute atomic E-state index is 12.9. The molecule has 36 heteroatoms. The molecule has 9 aromatic rings. The molecule has 15 rings (SSSR count). The number of nitrogens with two attached hydrogens (primary N) is 5. The van der Waals surface area contributed by atoms with E-state index < -0.39 is 52.2 Å². The monoisotopic (exact) mass is 1650 g/mol. The van der Waals surface area contributed by atoms with E-state index in [-0.39, 0.29) is 92.2 Å². The van der Waals surface area contributed by atoms with Crippen LogP contribution in [0.2, 0.25) is 0 Å². The molecule has 15 N–H and O–H groups in total. The maximum atomic E-state index is 12.9. The highest BCUT2D eigenvalue weighted by atomic mass is 32.2. The number of amidine groups is 4. The van der Waals surface area contributed by atoms with Gasteiger partial charge in [0, 0.05) is 67.0 Å². The van der Waals surface area contributed by atoms with Gasteiger partial charge in [-0.15, -0.1) is 18.2 Å². The lowest BCUT2D eigenvalue weighted by Crippen LogP contribution is -2.48. The zero-order valence-corrected chi connectivity index (χ0v) is 67.2. The minimum Gasteiger partial charge on any atom is -0.490 e. The Morgan fingerprint density at radius 3 is 1.34 bits per heavy atom. The molecule has 5 aromatic carbocycles. The Labute approximate surface area is 678 Å². The van der Waals surface area contributed by atoms with Gasteiger partial charge in [-0.1, -0.05) is 74.2 Å². The Morgan fingerprint density at radius 1 is 0.496 bits per heavy atom. The van der Waals surface area contributed by atoms with Gasteiger partial charge in [-0.05, 0) is 156 Å². The van der Waals surface area contributed by atoms with Crippen molar-refractivity contribution in [3.8, 4) is 28.8 Å². The van der Waals surface area contributed by atoms with Crippen molar-refractivity contribution in [1.82, 2.24) is 41.2 Å². The quantitative estimate of drug-likeness (QED) is 0.0353. The van der Waals surface area contributed by atoms with Gasteiger partial charge in [-0.25, -0.2) is 30.2 Å². The molecule has 6 aliphatic rings. The molecule has 4 amide bonds. The van der Waals surface area contributed by atoms with Crippen molar-refractivity contribution in [2.45, 2.75) is 114 Å². The fourth-order valence-corrected chi connectivity index (χ4v) is 16.1. The predicted octanol–water partition coefficient (Wildman–Crippen LogP) is 5.89. The molecule has 33 nitrogen and oxygen atoms in total. The third-order valence-corrected chi connectivity index (χ3v) is 22.5. The topological polar surface area (TPSA) is 497 Å². The van der Waals surface area contributed by atoms with Crippen molar-refractivity contribution >= 4 is 88.8 Å². The summed E-state index contributed by atoms with van der Waals surface area (Å²) in [5.74, 6) is 2.54. The number of fused-ring (bicyclic) bond motifs is 4. The Hall–Kier alpha value is -12.8. The number of aromatic amines is 1. The molecule has 4 aliphatic heterocycles. The number of imidazole rings is 1. The molecule has 0 atom stereocenters. The van der Waals surface area contributed by atoms with E-state index in [1.807, 2.05) is 77.9 Å². The molecule has 2 aliphatic carbocycles. The minimum atomic E-state index is -3.61. The van der Waals surface area contributed by atoms with Gasteiger partial charge in [0.2, 0.25) is 5.82 Å². The van der Waals surface area contributed by atoms with Crippen LogP contribution in [0.15, 0.2) is 189 Å². The number of aliphatic imine (C=N–C) groups is 1. The summed E-state index contributed by atoms with van der Waals surface area (Å²) in [5.41, 5.74) is 35.4. The van der Waals surface area contributed by atoms with Crippen LogP contribution in [0.4, 0.5) is 11.8 Å². The molecule has 2 saturated carbocycles. The number of carbonyl (C=O) groups excluding carboxylic acids is 4. The van der Waals surface area contributed by atoms with Crippen LogP contribution in [0.5, 0.6) is 23.0 Å². The van der Waals surface area contributed by atoms with Crippen molar-refractivity contribution in [3.63, 3.8) is 0 Å². The van der Waals surface area contributed by atoms with Gasteiger partial charge in [0.1, 0.15) is 78.6 Å². The predicted molar refractivity (Wildman–Crippen MR) is 444 cm³/mol. The van der Waals surface area contributed by atoms with Gasteiger partial charge in [0.05, 0.1) is 80.3 Å². The number of H-pyrrole nitrogens is 1. The lowest BCUT2D eigenvalue weighted by molar-refractivity contribution is -0.582. The molecular formula is C81H94N19O14S3+. The van der Waals surface area contributed by atoms with E-state index in [1.54, 1.807) is 151 Å². The first-order valence-electron chi connectivity index (χ1n) is 36.7. The average molecular weight is 1650 g/mol. The highest BCUT2D eigenvalue weighted by Gasteiger charge is 2.47. The summed E-state index contributed by atoms with van der Waals surface area (Å²) < 4.78 is 107. The summed E-state index contributed by atoms with van der Waals surface area (Å²) in [7, 11) is -7.08. The van der Waals surface area contributed by atoms with Crippen molar-refractivity contribution in [3.05, 3.63) is 243 Å². The van der Waals surface area contributed by atoms with E-state index in [0.29, 0.717) is 109 Å². The van der Waals surface area contributed by atoms with E-state index >= 15 is 0 Å². The largest absolute Gasteiger partial charge is 0.490 e. The first-order chi connectivity index (χ1) is 55.0. The van der Waals surface area contributed by atoms with E-state index in [4.69, 9.17) is 47.6 Å². The second-order valence-electron chi connectivity index (χ2n) is 30.1. The van der Waals surface area contributed by atoms with E-state index in [1.165, 1.54) is 0 Å². The van der Waals surface area contributed by atoms with Gasteiger partial charge >= 0.3 is 5.95 Å². The lowest BCUT2D eigenvalue weighted by Gasteiger charge is -2.27. The normalized spacial score (nSPS) is 16.1. The number of hydrogen-bond donors (Lipinski definition) is 10. The van der Waals surface area contributed by atoms with Gasteiger partial charge in [-0.3, -0.25) is 34.1 Å². The fraction of sp³-hybridized carbons (Fsp3) is 0.309. The number of pyridine rings is 3. The van der Waals surface area contributed by atoms with Crippen LogP contribution < -0.4 is 78.3 Å². The van der Waals surface area contributed by atoms with Gasteiger partial charge in [-0.2, -0.15) is 4.57 Å². The summed E-state index contributed by atoms with van der Waals surface area (Å²) >= 11 is 0. The van der Waals surface area contributed by atoms with Gasteiger partial charge in [0.15, 0.2) is 0 Å². The third kappa shape index (κ3) is 21.6. The molecule has 0 radical (unpaired) electrons. The summed E-state index contributed by atoms with van der Waals surface area (Å²) in [6.07, 6.45) is 12.2. The molecule has 8 heterocycles. The van der Waals surface area contributed by atoms with Crippen LogP contribution in [-0.2, 0) is 53.7 Å². The summed E-state index contributed by atoms with van der Waals surface area (Å²) in [5, 5.41) is 12.0. The summed E-state index contributed by atoms with van der Waals surface area (Å²) in [6, 6.07) is 40.3. The SMILES string of the molecule is C.CC(C)(COc1cccc2c1C(N)=NCC2)NC(=O)c1ccnc(-[n+]2cc[nH]c2N)c1.CC(C)(COc1cccc2c1C(N)=NS(=O)(=O)C2)NC(=O)c1ccccc1.CN(C)c1cc(C(=O)NC2(COc3cccc4c3C(N)=NS(=O)(=O)C4)CC2)ccn1.Cc1cc(C(=O)NC2(COc3cccc4c3C(N)=NS(=O)(=O)C4)CC2)ccn1. The van der Waals surface area contributed by atoms with Gasteiger partial charge in [0.25, 0.3) is 53.7 Å². The number of nitrogen functional groups attached to an aromatic ring is 1. The van der Waals surface area contributed by atoms with Crippen LogP contribution in [0.3, 0.4) is 0 Å². The van der Waals surface area contributed by atoms with Crippen LogP contribution in [0, 0.1) is 6.92 Å². The molecule has 0 bridgehead atoms. The average Bonchev–Trinajstić information content (AvgIpc) is 0.828.